The lowest BCUT2D eigenvalue weighted by atomic mass is 9.80. The number of aromatic nitrogens is 4. The first-order chi connectivity index (χ1) is 12.3. The van der Waals surface area contributed by atoms with Crippen molar-refractivity contribution in [1.82, 2.24) is 19.7 Å². The van der Waals surface area contributed by atoms with Crippen LogP contribution in [0, 0.1) is 0 Å². The summed E-state index contributed by atoms with van der Waals surface area (Å²) in [6, 6.07) is 7.75. The molecule has 1 N–H and O–H groups in total. The molecule has 5 rings (SSSR count). The Morgan fingerprint density at radius 1 is 1.24 bits per heavy atom. The maximum absolute atomic E-state index is 13.1. The number of hydrogen-bond donors (Lipinski definition) is 1. The summed E-state index contributed by atoms with van der Waals surface area (Å²) in [5.41, 5.74) is 2.70. The fraction of sp³-hybridized carbons (Fsp3) is 0.222. The van der Waals surface area contributed by atoms with Crippen LogP contribution < -0.4 is 5.32 Å². The number of Topliss-reactive ketones (excluding diaryl/α,β-unsaturated/α-hetero) is 1. The van der Waals surface area contributed by atoms with Gasteiger partial charge in [-0.1, -0.05) is 12.1 Å². The molecule has 124 valence electrons. The second-order valence-corrected chi connectivity index (χ2v) is 7.26. The Balaban J connectivity index is 1.63. The molecule has 0 bridgehead atoms. The lowest BCUT2D eigenvalue weighted by Crippen LogP contribution is -2.33. The Hall–Kier alpha value is -2.80. The molecule has 6 nitrogen and oxygen atoms in total. The zero-order valence-corrected chi connectivity index (χ0v) is 14.1. The maximum atomic E-state index is 13.1. The summed E-state index contributed by atoms with van der Waals surface area (Å²) >= 11 is 1.71. The molecule has 25 heavy (non-hydrogen) atoms. The SMILES string of the molecule is O=C1C[C@@H](c2cccs2)CC2=C1[C@H](c1cccnc1)n1ncnc1N2. The van der Waals surface area contributed by atoms with Gasteiger partial charge in [-0.25, -0.2) is 4.68 Å². The third-order valence-electron chi connectivity index (χ3n) is 4.81. The van der Waals surface area contributed by atoms with Crippen molar-refractivity contribution in [2.45, 2.75) is 24.8 Å². The molecule has 0 radical (unpaired) electrons. The molecule has 3 aromatic rings. The van der Waals surface area contributed by atoms with Crippen LogP contribution in [-0.4, -0.2) is 25.5 Å². The van der Waals surface area contributed by atoms with Crippen molar-refractivity contribution in [1.29, 1.82) is 0 Å². The molecule has 3 aromatic heterocycles. The number of nitrogens with zero attached hydrogens (tertiary/aromatic N) is 4. The minimum absolute atomic E-state index is 0.169. The molecule has 1 aliphatic carbocycles. The van der Waals surface area contributed by atoms with Crippen LogP contribution in [0.4, 0.5) is 5.95 Å². The molecule has 7 heteroatoms. The van der Waals surface area contributed by atoms with E-state index >= 15 is 0 Å². The van der Waals surface area contributed by atoms with Gasteiger partial charge >= 0.3 is 0 Å². The summed E-state index contributed by atoms with van der Waals surface area (Å²) in [6.45, 7) is 0. The monoisotopic (exact) mass is 349 g/mol. The lowest BCUT2D eigenvalue weighted by molar-refractivity contribution is -0.116. The molecule has 2 aliphatic rings. The molecule has 4 heterocycles. The first-order valence-corrected chi connectivity index (χ1v) is 9.05. The third-order valence-corrected chi connectivity index (χ3v) is 5.84. The van der Waals surface area contributed by atoms with E-state index in [1.54, 1.807) is 28.4 Å². The summed E-state index contributed by atoms with van der Waals surface area (Å²) in [7, 11) is 0. The van der Waals surface area contributed by atoms with E-state index in [0.717, 1.165) is 23.3 Å². The summed E-state index contributed by atoms with van der Waals surface area (Å²) in [4.78, 5) is 22.9. The zero-order chi connectivity index (χ0) is 16.8. The maximum Gasteiger partial charge on any atom is 0.226 e. The van der Waals surface area contributed by atoms with E-state index in [4.69, 9.17) is 0 Å². The van der Waals surface area contributed by atoms with Crippen LogP contribution in [0.25, 0.3) is 0 Å². The van der Waals surface area contributed by atoms with Gasteiger partial charge < -0.3 is 5.32 Å². The van der Waals surface area contributed by atoms with Gasteiger partial charge in [0.2, 0.25) is 5.95 Å². The van der Waals surface area contributed by atoms with Crippen molar-refractivity contribution in [2.75, 3.05) is 5.32 Å². The Bertz CT molecular complexity index is 961. The Labute approximate surface area is 148 Å². The number of allylic oxidation sites excluding steroid dienone is 2. The van der Waals surface area contributed by atoms with E-state index in [2.05, 4.69) is 31.8 Å². The molecule has 0 fully saturated rings. The van der Waals surface area contributed by atoms with E-state index in [1.807, 2.05) is 18.2 Å². The van der Waals surface area contributed by atoms with Crippen molar-refractivity contribution < 1.29 is 4.79 Å². The van der Waals surface area contributed by atoms with Crippen LogP contribution in [-0.2, 0) is 4.79 Å². The minimum atomic E-state index is -0.265. The zero-order valence-electron chi connectivity index (χ0n) is 13.3. The number of ketones is 1. The topological polar surface area (TPSA) is 72.7 Å². The Morgan fingerprint density at radius 2 is 2.20 bits per heavy atom. The van der Waals surface area contributed by atoms with Gasteiger partial charge in [-0.15, -0.1) is 11.3 Å². The summed E-state index contributed by atoms with van der Waals surface area (Å²) < 4.78 is 1.78. The van der Waals surface area contributed by atoms with Crippen LogP contribution in [0.2, 0.25) is 0 Å². The van der Waals surface area contributed by atoms with E-state index in [9.17, 15) is 4.79 Å². The highest BCUT2D eigenvalue weighted by molar-refractivity contribution is 7.10. The number of rotatable bonds is 2. The van der Waals surface area contributed by atoms with Crippen molar-refractivity contribution in [3.8, 4) is 0 Å². The predicted molar refractivity (Wildman–Crippen MR) is 94.3 cm³/mol. The average molecular weight is 349 g/mol. The van der Waals surface area contributed by atoms with Gasteiger partial charge in [-0.05, 0) is 29.5 Å². The average Bonchev–Trinajstić information content (AvgIpc) is 3.32. The molecule has 0 saturated carbocycles. The number of nitrogens with one attached hydrogen (secondary N) is 1. The largest absolute Gasteiger partial charge is 0.328 e. The van der Waals surface area contributed by atoms with Crippen LogP contribution >= 0.6 is 11.3 Å². The first kappa shape index (κ1) is 14.5. The molecule has 0 unspecified atom stereocenters. The Kier molecular flexibility index (Phi) is 3.27. The molecule has 0 spiro atoms. The van der Waals surface area contributed by atoms with Crippen LogP contribution in [0.3, 0.4) is 0 Å². The van der Waals surface area contributed by atoms with E-state index in [0.29, 0.717) is 12.4 Å². The number of hydrogen-bond acceptors (Lipinski definition) is 6. The third kappa shape index (κ3) is 2.31. The standard InChI is InChI=1S/C18H15N5OS/c24-14-8-12(15-4-2-6-25-15)7-13-16(14)17(11-3-1-5-19-9-11)23-18(22-13)20-10-21-23/h1-6,9-10,12,17H,7-8H2,(H,20,21,22)/t12-,17-/m0/s1. The highest BCUT2D eigenvalue weighted by Crippen LogP contribution is 2.44. The molecule has 0 aromatic carbocycles. The normalized spacial score (nSPS) is 22.3. The molecule has 0 amide bonds. The predicted octanol–water partition coefficient (Wildman–Crippen LogP) is 3.15. The highest BCUT2D eigenvalue weighted by Gasteiger charge is 2.39. The van der Waals surface area contributed by atoms with Gasteiger partial charge in [0.25, 0.3) is 0 Å². The second-order valence-electron chi connectivity index (χ2n) is 6.28. The minimum Gasteiger partial charge on any atom is -0.328 e. The number of thiophene rings is 1. The van der Waals surface area contributed by atoms with E-state index < -0.39 is 0 Å². The van der Waals surface area contributed by atoms with Gasteiger partial charge in [-0.2, -0.15) is 10.1 Å². The van der Waals surface area contributed by atoms with Crippen LogP contribution in [0.1, 0.15) is 35.2 Å². The van der Waals surface area contributed by atoms with Gasteiger partial charge in [-0.3, -0.25) is 9.78 Å². The highest BCUT2D eigenvalue weighted by atomic mass is 32.1. The summed E-state index contributed by atoms with van der Waals surface area (Å²) in [5, 5.41) is 9.74. The van der Waals surface area contributed by atoms with Crippen molar-refractivity contribution >= 4 is 23.1 Å². The molecule has 2 atom stereocenters. The van der Waals surface area contributed by atoms with Crippen molar-refractivity contribution in [2.24, 2.45) is 0 Å². The van der Waals surface area contributed by atoms with E-state index in [-0.39, 0.29) is 17.7 Å². The number of anilines is 1. The number of carbonyl (C=O) groups is 1. The van der Waals surface area contributed by atoms with Crippen LogP contribution in [0.15, 0.2) is 59.6 Å². The Morgan fingerprint density at radius 3 is 3.00 bits per heavy atom. The molecule has 0 saturated heterocycles. The number of pyridine rings is 1. The fourth-order valence-corrected chi connectivity index (χ4v) is 4.55. The van der Waals surface area contributed by atoms with Crippen LogP contribution in [0.5, 0.6) is 0 Å². The number of carbonyl (C=O) groups excluding carboxylic acids is 1. The van der Waals surface area contributed by atoms with Gasteiger partial charge in [0.05, 0.1) is 0 Å². The molecule has 1 aliphatic heterocycles. The second kappa shape index (κ2) is 5.63. The first-order valence-electron chi connectivity index (χ1n) is 8.17. The van der Waals surface area contributed by atoms with Gasteiger partial charge in [0.1, 0.15) is 12.4 Å². The fourth-order valence-electron chi connectivity index (χ4n) is 3.72. The van der Waals surface area contributed by atoms with Crippen molar-refractivity contribution in [3.05, 3.63) is 70.1 Å². The quantitative estimate of drug-likeness (QED) is 0.769. The summed E-state index contributed by atoms with van der Waals surface area (Å²) in [5.74, 6) is 1.07. The molecular formula is C18H15N5OS. The molecular weight excluding hydrogens is 334 g/mol. The van der Waals surface area contributed by atoms with Crippen molar-refractivity contribution in [3.63, 3.8) is 0 Å². The number of fused-ring (bicyclic) bond motifs is 1. The lowest BCUT2D eigenvalue weighted by Gasteiger charge is -2.34. The summed E-state index contributed by atoms with van der Waals surface area (Å²) in [6.07, 6.45) is 6.39. The van der Waals surface area contributed by atoms with E-state index in [1.165, 1.54) is 11.2 Å². The smallest absolute Gasteiger partial charge is 0.226 e. The van der Waals surface area contributed by atoms with Gasteiger partial charge in [0, 0.05) is 40.9 Å². The van der Waals surface area contributed by atoms with Gasteiger partial charge in [0.15, 0.2) is 5.78 Å².